The molecule has 0 aromatic carbocycles. The summed E-state index contributed by atoms with van der Waals surface area (Å²) in [4.78, 5) is 34.0. The molecule has 1 saturated heterocycles. The average Bonchev–Trinajstić information content (AvgIpc) is 2.38. The minimum atomic E-state index is -1.81. The second kappa shape index (κ2) is 7.24. The van der Waals surface area contributed by atoms with E-state index in [0.717, 1.165) is 0 Å². The third-order valence-corrected chi connectivity index (χ3v) is 3.81. The van der Waals surface area contributed by atoms with Gasteiger partial charge in [0.2, 0.25) is 11.8 Å². The molecule has 0 radical (unpaired) electrons. The number of hydrogen-bond donors (Lipinski definition) is 4. The van der Waals surface area contributed by atoms with E-state index in [1.807, 2.05) is 0 Å². The molecule has 1 unspecified atom stereocenters. The molecule has 9 nitrogen and oxygen atoms in total. The number of carboxylic acids is 1. The van der Waals surface area contributed by atoms with Crippen molar-refractivity contribution in [2.75, 3.05) is 0 Å². The number of aliphatic hydroxyl groups excluding tert-OH is 2. The first-order chi connectivity index (χ1) is 10.5. The standard InChI is InChI=1S/C14H24N2O7/c1-6(17)10(15-7(2)18)12-11(16-8(3)19)9(20)5-14(4,23-12)13(21)22/h6,9-12,17,20H,5H2,1-4H3,(H,15,18)(H,16,19)(H,21,22)/p-1/t6-,9-,10-,11-,12?,14-/m1/s1. The molecule has 0 aromatic heterocycles. The third-order valence-electron chi connectivity index (χ3n) is 3.81. The second-order valence-corrected chi connectivity index (χ2v) is 6.07. The molecular weight excluding hydrogens is 308 g/mol. The Morgan fingerprint density at radius 1 is 1.30 bits per heavy atom. The summed E-state index contributed by atoms with van der Waals surface area (Å²) in [6, 6.07) is -2.02. The van der Waals surface area contributed by atoms with Gasteiger partial charge in [-0.2, -0.15) is 0 Å². The zero-order valence-electron chi connectivity index (χ0n) is 13.5. The van der Waals surface area contributed by atoms with Gasteiger partial charge >= 0.3 is 0 Å². The summed E-state index contributed by atoms with van der Waals surface area (Å²) in [5, 5.41) is 36.4. The summed E-state index contributed by atoms with van der Waals surface area (Å²) in [7, 11) is 0. The number of amides is 2. The average molecular weight is 331 g/mol. The first-order valence-corrected chi connectivity index (χ1v) is 7.27. The van der Waals surface area contributed by atoms with E-state index in [4.69, 9.17) is 4.74 Å². The van der Waals surface area contributed by atoms with Gasteiger partial charge in [0.15, 0.2) is 0 Å². The summed E-state index contributed by atoms with van der Waals surface area (Å²) in [6.07, 6.45) is -3.83. The lowest BCUT2D eigenvalue weighted by molar-refractivity contribution is -0.336. The number of nitrogens with one attached hydrogen (secondary N) is 2. The van der Waals surface area contributed by atoms with Crippen LogP contribution in [0.3, 0.4) is 0 Å². The normalized spacial score (nSPS) is 33.4. The minimum Gasteiger partial charge on any atom is -0.547 e. The van der Waals surface area contributed by atoms with Crippen LogP contribution in [0.1, 0.15) is 34.1 Å². The fourth-order valence-electron chi connectivity index (χ4n) is 2.72. The van der Waals surface area contributed by atoms with Crippen molar-refractivity contribution in [2.45, 2.75) is 70.1 Å². The van der Waals surface area contributed by atoms with Crippen LogP contribution in [-0.2, 0) is 19.1 Å². The van der Waals surface area contributed by atoms with E-state index in [0.29, 0.717) is 0 Å². The first kappa shape index (κ1) is 19.3. The number of carbonyl (C=O) groups excluding carboxylic acids is 3. The largest absolute Gasteiger partial charge is 0.547 e. The van der Waals surface area contributed by atoms with Crippen LogP contribution in [0.15, 0.2) is 0 Å². The van der Waals surface area contributed by atoms with Gasteiger partial charge in [0, 0.05) is 20.3 Å². The highest BCUT2D eigenvalue weighted by molar-refractivity contribution is 5.76. The van der Waals surface area contributed by atoms with E-state index >= 15 is 0 Å². The highest BCUT2D eigenvalue weighted by Crippen LogP contribution is 2.31. The molecule has 1 fully saturated rings. The van der Waals surface area contributed by atoms with E-state index < -0.39 is 53.8 Å². The van der Waals surface area contributed by atoms with Crippen molar-refractivity contribution >= 4 is 17.8 Å². The molecule has 1 aliphatic rings. The van der Waals surface area contributed by atoms with E-state index in [2.05, 4.69) is 10.6 Å². The van der Waals surface area contributed by atoms with Crippen molar-refractivity contribution in [3.05, 3.63) is 0 Å². The van der Waals surface area contributed by atoms with E-state index in [9.17, 15) is 29.7 Å². The van der Waals surface area contributed by atoms with Crippen LogP contribution >= 0.6 is 0 Å². The predicted molar refractivity (Wildman–Crippen MR) is 75.8 cm³/mol. The Kier molecular flexibility index (Phi) is 6.09. The SMILES string of the molecule is CC(=O)N[C@H]1C([C@H](NC(C)=O)[C@@H](C)O)O[C@@](C)(C(=O)[O-])C[C@H]1O. The molecule has 1 aliphatic heterocycles. The lowest BCUT2D eigenvalue weighted by Crippen LogP contribution is -2.70. The lowest BCUT2D eigenvalue weighted by atomic mass is 9.83. The van der Waals surface area contributed by atoms with E-state index in [1.165, 1.54) is 27.7 Å². The van der Waals surface area contributed by atoms with Gasteiger partial charge in [-0.05, 0) is 13.8 Å². The summed E-state index contributed by atoms with van der Waals surface area (Å²) < 4.78 is 5.53. The number of aliphatic carboxylic acids is 1. The molecule has 2 amide bonds. The Bertz CT molecular complexity index is 464. The van der Waals surface area contributed by atoms with Crippen LogP contribution in [0.25, 0.3) is 0 Å². The van der Waals surface area contributed by atoms with Crippen molar-refractivity contribution in [3.63, 3.8) is 0 Å². The maximum absolute atomic E-state index is 11.4. The van der Waals surface area contributed by atoms with Gasteiger partial charge in [0.25, 0.3) is 0 Å². The van der Waals surface area contributed by atoms with Gasteiger partial charge in [-0.3, -0.25) is 9.59 Å². The number of aliphatic hydroxyl groups is 2. The maximum Gasteiger partial charge on any atom is 0.217 e. The first-order valence-electron chi connectivity index (χ1n) is 7.27. The molecule has 0 bridgehead atoms. The topological polar surface area (TPSA) is 148 Å². The molecule has 0 aromatic rings. The van der Waals surface area contributed by atoms with Crippen molar-refractivity contribution < 1.29 is 34.4 Å². The molecule has 0 saturated carbocycles. The number of carboxylic acid groups (broad SMARTS) is 1. The molecule has 0 aliphatic carbocycles. The van der Waals surface area contributed by atoms with Crippen LogP contribution in [-0.4, -0.2) is 64.0 Å². The van der Waals surface area contributed by atoms with Crippen LogP contribution in [0.5, 0.6) is 0 Å². The zero-order chi connectivity index (χ0) is 17.9. The molecule has 132 valence electrons. The Balaban J connectivity index is 3.21. The molecule has 4 N–H and O–H groups in total. The molecule has 23 heavy (non-hydrogen) atoms. The Hall–Kier alpha value is -1.71. The smallest absolute Gasteiger partial charge is 0.217 e. The highest BCUT2D eigenvalue weighted by Gasteiger charge is 2.49. The molecule has 1 heterocycles. The van der Waals surface area contributed by atoms with Gasteiger partial charge in [-0.1, -0.05) is 0 Å². The summed E-state index contributed by atoms with van der Waals surface area (Å²) in [5.74, 6) is -2.47. The molecule has 1 rings (SSSR count). The molecule has 0 spiro atoms. The Morgan fingerprint density at radius 2 is 1.87 bits per heavy atom. The quantitative estimate of drug-likeness (QED) is 0.420. The van der Waals surface area contributed by atoms with Gasteiger partial charge in [0.1, 0.15) is 11.7 Å². The molecule has 6 atom stereocenters. The van der Waals surface area contributed by atoms with Gasteiger partial charge in [0.05, 0.1) is 30.3 Å². The van der Waals surface area contributed by atoms with Crippen LogP contribution in [0, 0.1) is 0 Å². The number of carbonyl (C=O) groups is 3. The summed E-state index contributed by atoms with van der Waals surface area (Å²) in [5.41, 5.74) is -1.81. The highest BCUT2D eigenvalue weighted by atomic mass is 16.5. The minimum absolute atomic E-state index is 0.302. The van der Waals surface area contributed by atoms with Crippen molar-refractivity contribution in [3.8, 4) is 0 Å². The van der Waals surface area contributed by atoms with E-state index in [1.54, 1.807) is 0 Å². The van der Waals surface area contributed by atoms with Crippen molar-refractivity contribution in [1.29, 1.82) is 0 Å². The van der Waals surface area contributed by atoms with Gasteiger partial charge < -0.3 is 35.5 Å². The lowest BCUT2D eigenvalue weighted by Gasteiger charge is -2.49. The van der Waals surface area contributed by atoms with Crippen molar-refractivity contribution in [2.24, 2.45) is 0 Å². The number of ether oxygens (including phenoxy) is 1. The Labute approximate surface area is 134 Å². The maximum atomic E-state index is 11.4. The molecular formula is C14H23N2O7-. The van der Waals surface area contributed by atoms with E-state index in [-0.39, 0.29) is 6.42 Å². The Morgan fingerprint density at radius 3 is 2.26 bits per heavy atom. The molecule has 9 heteroatoms. The number of rotatable bonds is 5. The summed E-state index contributed by atoms with van der Waals surface area (Å²) >= 11 is 0. The zero-order valence-corrected chi connectivity index (χ0v) is 13.5. The summed E-state index contributed by atoms with van der Waals surface area (Å²) in [6.45, 7) is 5.06. The second-order valence-electron chi connectivity index (χ2n) is 6.07. The number of hydrogen-bond acceptors (Lipinski definition) is 7. The third kappa shape index (κ3) is 4.63. The van der Waals surface area contributed by atoms with Crippen LogP contribution in [0.4, 0.5) is 0 Å². The predicted octanol–water partition coefficient (Wildman–Crippen LogP) is -2.96. The van der Waals surface area contributed by atoms with Gasteiger partial charge in [-0.25, -0.2) is 0 Å². The van der Waals surface area contributed by atoms with Crippen LogP contribution < -0.4 is 15.7 Å². The fourth-order valence-corrected chi connectivity index (χ4v) is 2.72. The van der Waals surface area contributed by atoms with Crippen molar-refractivity contribution in [1.82, 2.24) is 10.6 Å². The van der Waals surface area contributed by atoms with Crippen LogP contribution in [0.2, 0.25) is 0 Å². The fraction of sp³-hybridized carbons (Fsp3) is 0.786. The monoisotopic (exact) mass is 331 g/mol. The van der Waals surface area contributed by atoms with Gasteiger partial charge in [-0.15, -0.1) is 0 Å².